The number of carbonyl (C=O) groups is 1. The van der Waals surface area contributed by atoms with Gasteiger partial charge in [-0.1, -0.05) is 37.3 Å². The molecule has 138 valence electrons. The van der Waals surface area contributed by atoms with Gasteiger partial charge in [-0.15, -0.1) is 5.11 Å². The average Bonchev–Trinajstić information content (AvgIpc) is 3.24. The summed E-state index contributed by atoms with van der Waals surface area (Å²) in [5, 5.41) is 20.4. The van der Waals surface area contributed by atoms with E-state index in [0.29, 0.717) is 12.5 Å². The van der Waals surface area contributed by atoms with Gasteiger partial charge in [0.15, 0.2) is 0 Å². The van der Waals surface area contributed by atoms with Gasteiger partial charge < -0.3 is 4.57 Å². The van der Waals surface area contributed by atoms with E-state index in [4.69, 9.17) is 5.21 Å². The molecule has 0 bridgehead atoms. The molecule has 1 aliphatic rings. The summed E-state index contributed by atoms with van der Waals surface area (Å²) in [6.45, 7) is 7.94. The lowest BCUT2D eigenvalue weighted by atomic mass is 9.99. The highest BCUT2D eigenvalue weighted by Gasteiger charge is 2.30. The number of hydrogen-bond donors (Lipinski definition) is 2. The largest absolute Gasteiger partial charge is 0.343 e. The maximum atomic E-state index is 11.2. The van der Waals surface area contributed by atoms with Crippen molar-refractivity contribution in [1.82, 2.24) is 15.1 Å². The summed E-state index contributed by atoms with van der Waals surface area (Å²) < 4.78 is 2.33. The standard InChI is InChI=1S/C19H25N5O2/c1-4-23-16-8-6-5-7-14(16)11-17(23)19(13(2)3)24-12-15(20-22-24)9-10-18(25)21-26/h5-9,11,13,19,26H,4,10,12H2,1-3H3,(H,21,25)/b15-9-. The van der Waals surface area contributed by atoms with Crippen molar-refractivity contribution >= 4 is 16.8 Å². The molecule has 26 heavy (non-hydrogen) atoms. The van der Waals surface area contributed by atoms with Crippen molar-refractivity contribution in [3.8, 4) is 0 Å². The maximum Gasteiger partial charge on any atom is 0.247 e. The predicted molar refractivity (Wildman–Crippen MR) is 99.4 cm³/mol. The molecular formula is C19H25N5O2. The second-order valence-corrected chi connectivity index (χ2v) is 6.78. The van der Waals surface area contributed by atoms with Crippen LogP contribution in [-0.4, -0.2) is 27.2 Å². The molecule has 1 atom stereocenters. The third-order valence-electron chi connectivity index (χ3n) is 4.67. The molecule has 1 aliphatic heterocycles. The molecule has 1 aromatic heterocycles. The van der Waals surface area contributed by atoms with E-state index in [2.05, 4.69) is 66.0 Å². The maximum absolute atomic E-state index is 11.2. The van der Waals surface area contributed by atoms with Crippen molar-refractivity contribution in [2.24, 2.45) is 16.3 Å². The summed E-state index contributed by atoms with van der Waals surface area (Å²) in [7, 11) is 0. The zero-order valence-corrected chi connectivity index (χ0v) is 15.4. The summed E-state index contributed by atoms with van der Waals surface area (Å²) in [4.78, 5) is 11.2. The van der Waals surface area contributed by atoms with E-state index in [9.17, 15) is 4.79 Å². The molecule has 0 fully saturated rings. The molecule has 2 aromatic rings. The predicted octanol–water partition coefficient (Wildman–Crippen LogP) is 3.82. The van der Waals surface area contributed by atoms with Gasteiger partial charge in [-0.2, -0.15) is 0 Å². The second-order valence-electron chi connectivity index (χ2n) is 6.78. The minimum Gasteiger partial charge on any atom is -0.343 e. The lowest BCUT2D eigenvalue weighted by molar-refractivity contribution is -0.128. The molecule has 1 aromatic carbocycles. The third-order valence-corrected chi connectivity index (χ3v) is 4.67. The second kappa shape index (κ2) is 7.70. The van der Waals surface area contributed by atoms with E-state index in [0.717, 1.165) is 12.2 Å². The zero-order valence-electron chi connectivity index (χ0n) is 15.4. The SMILES string of the molecule is CCn1c(C(C(C)C)N2C/C(=C/CC(=O)NO)N=N2)cc2ccccc21. The Balaban J connectivity index is 1.90. The smallest absolute Gasteiger partial charge is 0.247 e. The molecule has 0 spiro atoms. The van der Waals surface area contributed by atoms with Gasteiger partial charge in [0.05, 0.1) is 18.3 Å². The van der Waals surface area contributed by atoms with Gasteiger partial charge in [-0.3, -0.25) is 15.0 Å². The number of benzene rings is 1. The van der Waals surface area contributed by atoms with E-state index in [1.165, 1.54) is 16.6 Å². The Morgan fingerprint density at radius 1 is 1.38 bits per heavy atom. The molecule has 2 N–H and O–H groups in total. The van der Waals surface area contributed by atoms with E-state index >= 15 is 0 Å². The van der Waals surface area contributed by atoms with Crippen LogP contribution in [0.4, 0.5) is 0 Å². The van der Waals surface area contributed by atoms with Crippen molar-refractivity contribution in [1.29, 1.82) is 0 Å². The van der Waals surface area contributed by atoms with Gasteiger partial charge in [0.25, 0.3) is 0 Å². The number of aromatic nitrogens is 1. The Labute approximate surface area is 152 Å². The van der Waals surface area contributed by atoms with Crippen LogP contribution in [-0.2, 0) is 11.3 Å². The first-order valence-corrected chi connectivity index (χ1v) is 8.93. The summed E-state index contributed by atoms with van der Waals surface area (Å²) in [5.74, 6) is -0.124. The van der Waals surface area contributed by atoms with Crippen LogP contribution in [0.1, 0.15) is 38.9 Å². The summed E-state index contributed by atoms with van der Waals surface area (Å²) >= 11 is 0. The van der Waals surface area contributed by atoms with Crippen LogP contribution >= 0.6 is 0 Å². The topological polar surface area (TPSA) is 82.2 Å². The minimum atomic E-state index is -0.460. The number of hydrogen-bond acceptors (Lipinski definition) is 5. The molecule has 2 heterocycles. The highest BCUT2D eigenvalue weighted by Crippen LogP contribution is 2.35. The number of carbonyl (C=O) groups excluding carboxylic acids is 1. The van der Waals surface area contributed by atoms with Crippen molar-refractivity contribution in [2.45, 2.75) is 39.8 Å². The van der Waals surface area contributed by atoms with Crippen LogP contribution in [0.3, 0.4) is 0 Å². The first kappa shape index (κ1) is 18.1. The molecule has 7 nitrogen and oxygen atoms in total. The van der Waals surface area contributed by atoms with Crippen LogP contribution in [0.2, 0.25) is 0 Å². The number of nitrogens with zero attached hydrogens (tertiary/aromatic N) is 4. The Bertz CT molecular complexity index is 853. The first-order valence-electron chi connectivity index (χ1n) is 8.93. The van der Waals surface area contributed by atoms with Gasteiger partial charge in [0, 0.05) is 24.2 Å². The normalized spacial score (nSPS) is 16.8. The molecule has 0 aliphatic carbocycles. The van der Waals surface area contributed by atoms with Crippen molar-refractivity contribution < 1.29 is 10.0 Å². The van der Waals surface area contributed by atoms with E-state index in [-0.39, 0.29) is 12.5 Å². The molecule has 3 rings (SSSR count). The van der Waals surface area contributed by atoms with Crippen LogP contribution in [0.5, 0.6) is 0 Å². The number of fused-ring (bicyclic) bond motifs is 1. The van der Waals surface area contributed by atoms with Gasteiger partial charge in [-0.25, -0.2) is 5.48 Å². The van der Waals surface area contributed by atoms with Crippen LogP contribution in [0.25, 0.3) is 10.9 Å². The Kier molecular flexibility index (Phi) is 5.37. The average molecular weight is 355 g/mol. The number of nitrogens with one attached hydrogen (secondary N) is 1. The molecule has 7 heteroatoms. The van der Waals surface area contributed by atoms with Gasteiger partial charge in [0.2, 0.25) is 5.91 Å². The number of amides is 1. The molecule has 0 saturated carbocycles. The fourth-order valence-corrected chi connectivity index (χ4v) is 3.53. The van der Waals surface area contributed by atoms with E-state index in [1.807, 2.05) is 5.01 Å². The third kappa shape index (κ3) is 3.48. The van der Waals surface area contributed by atoms with Crippen molar-refractivity contribution in [3.05, 3.63) is 47.8 Å². The van der Waals surface area contributed by atoms with Crippen LogP contribution in [0.15, 0.2) is 52.4 Å². The Morgan fingerprint density at radius 3 is 2.85 bits per heavy atom. The zero-order chi connectivity index (χ0) is 18.7. The fraction of sp³-hybridized carbons (Fsp3) is 0.421. The number of rotatable bonds is 6. The van der Waals surface area contributed by atoms with E-state index < -0.39 is 5.91 Å². The van der Waals surface area contributed by atoms with Crippen molar-refractivity contribution in [3.63, 3.8) is 0 Å². The lowest BCUT2D eigenvalue weighted by Gasteiger charge is -2.29. The van der Waals surface area contributed by atoms with Crippen molar-refractivity contribution in [2.75, 3.05) is 6.54 Å². The Morgan fingerprint density at radius 2 is 2.15 bits per heavy atom. The number of aryl methyl sites for hydroxylation is 1. The van der Waals surface area contributed by atoms with Crippen LogP contribution in [0, 0.1) is 5.92 Å². The fourth-order valence-electron chi connectivity index (χ4n) is 3.53. The molecule has 0 radical (unpaired) electrons. The number of para-hydroxylation sites is 1. The van der Waals surface area contributed by atoms with Gasteiger partial charge in [-0.05, 0) is 36.4 Å². The first-order chi connectivity index (χ1) is 12.5. The van der Waals surface area contributed by atoms with Gasteiger partial charge in [0.1, 0.15) is 0 Å². The molecule has 1 amide bonds. The monoisotopic (exact) mass is 355 g/mol. The molecule has 1 unspecified atom stereocenters. The summed E-state index contributed by atoms with van der Waals surface area (Å²) in [6.07, 6.45) is 1.78. The van der Waals surface area contributed by atoms with Crippen LogP contribution < -0.4 is 5.48 Å². The quantitative estimate of drug-likeness (QED) is 0.610. The molecular weight excluding hydrogens is 330 g/mol. The summed E-state index contributed by atoms with van der Waals surface area (Å²) in [5.41, 5.74) is 4.80. The Hall–Kier alpha value is -2.67. The number of hydroxylamine groups is 1. The lowest BCUT2D eigenvalue weighted by Crippen LogP contribution is -2.28. The molecule has 0 saturated heterocycles. The van der Waals surface area contributed by atoms with E-state index in [1.54, 1.807) is 11.6 Å². The minimum absolute atomic E-state index is 0.0836. The summed E-state index contributed by atoms with van der Waals surface area (Å²) in [6, 6.07) is 10.7. The van der Waals surface area contributed by atoms with Gasteiger partial charge >= 0.3 is 0 Å². The highest BCUT2D eigenvalue weighted by molar-refractivity contribution is 5.81. The highest BCUT2D eigenvalue weighted by atomic mass is 16.5.